The highest BCUT2D eigenvalue weighted by Gasteiger charge is 2.22. The fraction of sp³-hybridized carbons (Fsp3) is 0. The Morgan fingerprint density at radius 3 is 1.39 bits per heavy atom. The van der Waals surface area contributed by atoms with Gasteiger partial charge in [-0.05, 0) is 99.6 Å². The van der Waals surface area contributed by atoms with Gasteiger partial charge in [-0.3, -0.25) is 0 Å². The summed E-state index contributed by atoms with van der Waals surface area (Å²) in [6.45, 7) is 0. The predicted molar refractivity (Wildman–Crippen MR) is 237 cm³/mol. The number of fused-ring (bicyclic) bond motifs is 6. The average molecular weight is 730 g/mol. The van der Waals surface area contributed by atoms with Crippen LogP contribution in [0.25, 0.3) is 88.4 Å². The molecular formula is C54H35NO2. The van der Waals surface area contributed by atoms with Crippen LogP contribution >= 0.6 is 0 Å². The fourth-order valence-electron chi connectivity index (χ4n) is 8.27. The Hall–Kier alpha value is -7.62. The Morgan fingerprint density at radius 2 is 0.754 bits per heavy atom. The molecule has 2 heterocycles. The molecule has 0 radical (unpaired) electrons. The van der Waals surface area contributed by atoms with Crippen molar-refractivity contribution in [1.29, 1.82) is 0 Å². The zero-order valence-corrected chi connectivity index (χ0v) is 31.0. The van der Waals surface area contributed by atoms with E-state index in [-0.39, 0.29) is 0 Å². The molecule has 9 aromatic carbocycles. The molecule has 0 saturated heterocycles. The van der Waals surface area contributed by atoms with E-state index in [1.165, 1.54) is 16.7 Å². The second-order valence-electron chi connectivity index (χ2n) is 14.5. The third-order valence-corrected chi connectivity index (χ3v) is 11.1. The Morgan fingerprint density at radius 1 is 0.298 bits per heavy atom. The van der Waals surface area contributed by atoms with E-state index in [9.17, 15) is 0 Å². The molecule has 0 N–H and O–H groups in total. The number of para-hydroxylation sites is 2. The van der Waals surface area contributed by atoms with Crippen LogP contribution in [0.1, 0.15) is 0 Å². The minimum absolute atomic E-state index is 0.864. The first-order valence-electron chi connectivity index (χ1n) is 19.3. The summed E-state index contributed by atoms with van der Waals surface area (Å²) in [5, 5.41) is 4.42. The first-order chi connectivity index (χ1) is 28.2. The second-order valence-corrected chi connectivity index (χ2v) is 14.5. The molecular weight excluding hydrogens is 695 g/mol. The molecule has 0 aliphatic carbocycles. The summed E-state index contributed by atoms with van der Waals surface area (Å²) in [5.74, 6) is 0. The number of nitrogens with zero attached hydrogens (tertiary/aromatic N) is 1. The largest absolute Gasteiger partial charge is 0.456 e. The molecule has 0 aliphatic heterocycles. The van der Waals surface area contributed by atoms with Crippen LogP contribution < -0.4 is 4.90 Å². The Kier molecular flexibility index (Phi) is 7.82. The predicted octanol–water partition coefficient (Wildman–Crippen LogP) is 15.6. The first kappa shape index (κ1) is 32.8. The van der Waals surface area contributed by atoms with Gasteiger partial charge in [-0.25, -0.2) is 0 Å². The molecule has 3 heteroatoms. The molecule has 268 valence electrons. The smallest absolute Gasteiger partial charge is 0.145 e. The number of furan rings is 2. The Bertz CT molecular complexity index is 3200. The van der Waals surface area contributed by atoms with E-state index in [2.05, 4.69) is 199 Å². The summed E-state index contributed by atoms with van der Waals surface area (Å²) in [5.41, 5.74) is 15.8. The third-order valence-electron chi connectivity index (χ3n) is 11.1. The molecule has 0 fully saturated rings. The van der Waals surface area contributed by atoms with Crippen molar-refractivity contribution in [3.8, 4) is 44.5 Å². The van der Waals surface area contributed by atoms with Crippen LogP contribution in [0.4, 0.5) is 17.1 Å². The molecule has 0 aliphatic rings. The van der Waals surface area contributed by atoms with Gasteiger partial charge in [0, 0.05) is 33.1 Å². The lowest BCUT2D eigenvalue weighted by Gasteiger charge is -2.27. The van der Waals surface area contributed by atoms with Gasteiger partial charge in [0.2, 0.25) is 0 Å². The fourth-order valence-corrected chi connectivity index (χ4v) is 8.27. The number of hydrogen-bond acceptors (Lipinski definition) is 3. The summed E-state index contributed by atoms with van der Waals surface area (Å²) in [6, 6.07) is 75.1. The highest BCUT2D eigenvalue weighted by atomic mass is 16.3. The van der Waals surface area contributed by atoms with Crippen molar-refractivity contribution < 1.29 is 8.83 Å². The highest BCUT2D eigenvalue weighted by Crippen LogP contribution is 2.46. The van der Waals surface area contributed by atoms with E-state index in [4.69, 9.17) is 8.83 Å². The van der Waals surface area contributed by atoms with Crippen molar-refractivity contribution >= 4 is 60.9 Å². The van der Waals surface area contributed by atoms with Crippen molar-refractivity contribution in [2.24, 2.45) is 0 Å². The van der Waals surface area contributed by atoms with Crippen LogP contribution in [0.3, 0.4) is 0 Å². The van der Waals surface area contributed by atoms with Crippen LogP contribution in [0.5, 0.6) is 0 Å². The number of hydrogen-bond donors (Lipinski definition) is 0. The minimum atomic E-state index is 0.864. The topological polar surface area (TPSA) is 29.5 Å². The lowest BCUT2D eigenvalue weighted by molar-refractivity contribution is 0.669. The molecule has 0 bridgehead atoms. The van der Waals surface area contributed by atoms with E-state index in [0.29, 0.717) is 0 Å². The molecule has 11 aromatic rings. The monoisotopic (exact) mass is 729 g/mol. The van der Waals surface area contributed by atoms with E-state index >= 15 is 0 Å². The SMILES string of the molecule is c1ccc(-c2ccc(-c3ccc(N(c4ccc(-c5ccc6c(c5)oc5ccccc56)cc4)c4ccc(-c5ccccc5)c5oc6ccccc6c45)cc3)cc2)cc1. The molecule has 3 nitrogen and oxygen atoms in total. The van der Waals surface area contributed by atoms with Gasteiger partial charge in [-0.1, -0.05) is 152 Å². The van der Waals surface area contributed by atoms with Gasteiger partial charge in [0.1, 0.15) is 22.3 Å². The summed E-state index contributed by atoms with van der Waals surface area (Å²) in [4.78, 5) is 2.35. The van der Waals surface area contributed by atoms with Crippen LogP contribution in [0.2, 0.25) is 0 Å². The quantitative estimate of drug-likeness (QED) is 0.164. The summed E-state index contributed by atoms with van der Waals surface area (Å²) in [6.07, 6.45) is 0. The summed E-state index contributed by atoms with van der Waals surface area (Å²) < 4.78 is 13.0. The number of benzene rings is 9. The molecule has 0 atom stereocenters. The van der Waals surface area contributed by atoms with Gasteiger partial charge >= 0.3 is 0 Å². The van der Waals surface area contributed by atoms with E-state index in [1.807, 2.05) is 18.2 Å². The summed E-state index contributed by atoms with van der Waals surface area (Å²) in [7, 11) is 0. The maximum Gasteiger partial charge on any atom is 0.145 e. The van der Waals surface area contributed by atoms with Crippen molar-refractivity contribution in [1.82, 2.24) is 0 Å². The number of rotatable bonds is 7. The van der Waals surface area contributed by atoms with Gasteiger partial charge in [0.15, 0.2) is 0 Å². The molecule has 11 rings (SSSR count). The average Bonchev–Trinajstić information content (AvgIpc) is 3.87. The summed E-state index contributed by atoms with van der Waals surface area (Å²) >= 11 is 0. The highest BCUT2D eigenvalue weighted by molar-refractivity contribution is 6.17. The van der Waals surface area contributed by atoms with Crippen LogP contribution in [-0.2, 0) is 0 Å². The standard InChI is InChI=1S/C54H35NO2/c1-3-11-36(12-4-1)37-19-21-38(22-20-37)39-23-28-43(29-24-39)55(44-30-25-40(26-31-44)42-27-32-47-46-15-7-9-17-50(46)56-52(47)35-42)49-34-33-45(41-13-5-2-6-14-41)54-53(49)48-16-8-10-18-51(48)57-54/h1-35H. The molecule has 57 heavy (non-hydrogen) atoms. The zero-order chi connectivity index (χ0) is 37.7. The molecule has 0 spiro atoms. The van der Waals surface area contributed by atoms with Crippen molar-refractivity contribution in [2.45, 2.75) is 0 Å². The van der Waals surface area contributed by atoms with E-state index in [0.717, 1.165) is 88.8 Å². The normalized spacial score (nSPS) is 11.5. The van der Waals surface area contributed by atoms with Crippen LogP contribution in [0, 0.1) is 0 Å². The van der Waals surface area contributed by atoms with Crippen molar-refractivity contribution in [3.63, 3.8) is 0 Å². The minimum Gasteiger partial charge on any atom is -0.456 e. The van der Waals surface area contributed by atoms with Crippen LogP contribution in [0.15, 0.2) is 221 Å². The zero-order valence-electron chi connectivity index (χ0n) is 31.0. The maximum absolute atomic E-state index is 6.72. The lowest BCUT2D eigenvalue weighted by Crippen LogP contribution is -2.10. The Balaban J connectivity index is 1.04. The van der Waals surface area contributed by atoms with Crippen molar-refractivity contribution in [2.75, 3.05) is 4.90 Å². The molecule has 0 unspecified atom stereocenters. The van der Waals surface area contributed by atoms with Gasteiger partial charge in [-0.2, -0.15) is 0 Å². The van der Waals surface area contributed by atoms with E-state index < -0.39 is 0 Å². The van der Waals surface area contributed by atoms with Crippen molar-refractivity contribution in [3.05, 3.63) is 212 Å². The second kappa shape index (κ2) is 13.6. The third kappa shape index (κ3) is 5.76. The van der Waals surface area contributed by atoms with Gasteiger partial charge in [0.25, 0.3) is 0 Å². The first-order valence-corrected chi connectivity index (χ1v) is 19.3. The van der Waals surface area contributed by atoms with E-state index in [1.54, 1.807) is 0 Å². The maximum atomic E-state index is 6.72. The lowest BCUT2D eigenvalue weighted by atomic mass is 9.98. The number of anilines is 3. The van der Waals surface area contributed by atoms with Gasteiger partial charge in [0.05, 0.1) is 11.1 Å². The Labute approximate surface area is 330 Å². The molecule has 0 saturated carbocycles. The van der Waals surface area contributed by atoms with Gasteiger partial charge < -0.3 is 13.7 Å². The van der Waals surface area contributed by atoms with Crippen LogP contribution in [-0.4, -0.2) is 0 Å². The molecule has 0 amide bonds. The van der Waals surface area contributed by atoms with Gasteiger partial charge in [-0.15, -0.1) is 0 Å². The molecule has 2 aromatic heterocycles.